The average molecular weight is 475 g/mol. The third-order valence-electron chi connectivity index (χ3n) is 6.02. The van der Waals surface area contributed by atoms with Gasteiger partial charge in [0.15, 0.2) is 17.3 Å². The Hall–Kier alpha value is -3.17. The second kappa shape index (κ2) is 9.36. The summed E-state index contributed by atoms with van der Waals surface area (Å²) in [5, 5.41) is 12.9. The highest BCUT2D eigenvalue weighted by Crippen LogP contribution is 2.37. The Balaban J connectivity index is 1.56. The quantitative estimate of drug-likeness (QED) is 0.457. The molecule has 0 radical (unpaired) electrons. The number of nitrogens with one attached hydrogen (secondary N) is 1. The van der Waals surface area contributed by atoms with Crippen molar-refractivity contribution < 1.29 is 23.8 Å². The van der Waals surface area contributed by atoms with Crippen LogP contribution in [0.3, 0.4) is 0 Å². The molecule has 0 spiro atoms. The first kappa shape index (κ1) is 23.0. The minimum absolute atomic E-state index is 0.000863. The zero-order chi connectivity index (χ0) is 23.6. The van der Waals surface area contributed by atoms with Crippen LogP contribution < -0.4 is 20.5 Å². The number of hydrogen-bond acceptors (Lipinski definition) is 7. The van der Waals surface area contributed by atoms with Gasteiger partial charge in [-0.2, -0.15) is 0 Å². The monoisotopic (exact) mass is 474 g/mol. The van der Waals surface area contributed by atoms with Crippen molar-refractivity contribution in [3.8, 4) is 11.5 Å². The van der Waals surface area contributed by atoms with Crippen LogP contribution in [-0.4, -0.2) is 40.3 Å². The van der Waals surface area contributed by atoms with E-state index in [-0.39, 0.29) is 16.6 Å². The average Bonchev–Trinajstić information content (AvgIpc) is 2.81. The van der Waals surface area contributed by atoms with E-state index >= 15 is 0 Å². The molecule has 0 amide bonds. The predicted octanol–water partition coefficient (Wildman–Crippen LogP) is 4.53. The van der Waals surface area contributed by atoms with E-state index in [0.717, 1.165) is 0 Å². The Bertz CT molecular complexity index is 1180. The maximum absolute atomic E-state index is 14.4. The van der Waals surface area contributed by atoms with E-state index in [0.29, 0.717) is 60.5 Å². The summed E-state index contributed by atoms with van der Waals surface area (Å²) in [6.07, 6.45) is 3.48. The van der Waals surface area contributed by atoms with Crippen LogP contribution in [0, 0.1) is 11.7 Å². The first-order chi connectivity index (χ1) is 15.8. The zero-order valence-electron chi connectivity index (χ0n) is 18.0. The molecule has 2 aromatic carbocycles. The van der Waals surface area contributed by atoms with E-state index in [4.69, 9.17) is 26.8 Å². The van der Waals surface area contributed by atoms with Crippen LogP contribution in [0.2, 0.25) is 5.02 Å². The molecular formula is C23H24ClFN4O4. The number of aromatic nitrogens is 2. The highest BCUT2D eigenvalue weighted by molar-refractivity contribution is 6.31. The number of ether oxygens (including phenoxy) is 2. The highest BCUT2D eigenvalue weighted by Gasteiger charge is 2.38. The molecule has 4 rings (SSSR count). The summed E-state index contributed by atoms with van der Waals surface area (Å²) in [5.74, 6) is -0.0000541. The summed E-state index contributed by atoms with van der Waals surface area (Å²) < 4.78 is 25.9. The van der Waals surface area contributed by atoms with Crippen molar-refractivity contribution in [1.29, 1.82) is 0 Å². The molecule has 0 saturated heterocycles. The van der Waals surface area contributed by atoms with Crippen molar-refractivity contribution in [2.75, 3.05) is 19.0 Å². The summed E-state index contributed by atoms with van der Waals surface area (Å²) >= 11 is 5.89. The lowest BCUT2D eigenvalue weighted by atomic mass is 9.77. The highest BCUT2D eigenvalue weighted by atomic mass is 35.5. The maximum atomic E-state index is 14.4. The molecule has 4 N–H and O–H groups in total. The van der Waals surface area contributed by atoms with Gasteiger partial charge in [-0.05, 0) is 49.8 Å². The zero-order valence-corrected chi connectivity index (χ0v) is 18.7. The van der Waals surface area contributed by atoms with E-state index < -0.39 is 17.3 Å². The van der Waals surface area contributed by atoms with Crippen molar-refractivity contribution in [1.82, 2.24) is 9.97 Å². The molecule has 0 aliphatic heterocycles. The molecule has 1 aliphatic carbocycles. The van der Waals surface area contributed by atoms with Crippen LogP contribution >= 0.6 is 11.6 Å². The Morgan fingerprint density at radius 2 is 2.06 bits per heavy atom. The lowest BCUT2D eigenvalue weighted by Crippen LogP contribution is -2.50. The SMILES string of the molecule is COc1cc2ncnc(Nc3cccc(Cl)c3F)c2cc1OCC1CCC(N)(C(=O)O)CC1. The van der Waals surface area contributed by atoms with Gasteiger partial charge in [0.25, 0.3) is 0 Å². The fourth-order valence-electron chi connectivity index (χ4n) is 3.94. The minimum Gasteiger partial charge on any atom is -0.493 e. The molecule has 1 aliphatic rings. The summed E-state index contributed by atoms with van der Waals surface area (Å²) in [6, 6.07) is 8.13. The van der Waals surface area contributed by atoms with E-state index in [1.165, 1.54) is 19.5 Å². The van der Waals surface area contributed by atoms with Gasteiger partial charge in [0, 0.05) is 11.5 Å². The van der Waals surface area contributed by atoms with Crippen molar-refractivity contribution in [3.05, 3.63) is 47.5 Å². The molecule has 0 unspecified atom stereocenters. The van der Waals surface area contributed by atoms with E-state index in [1.54, 1.807) is 24.3 Å². The Kier molecular flexibility index (Phi) is 6.53. The van der Waals surface area contributed by atoms with Crippen LogP contribution in [0.1, 0.15) is 25.7 Å². The Morgan fingerprint density at radius 1 is 1.30 bits per heavy atom. The van der Waals surface area contributed by atoms with Gasteiger partial charge in [-0.25, -0.2) is 14.4 Å². The van der Waals surface area contributed by atoms with Gasteiger partial charge in [-0.1, -0.05) is 17.7 Å². The number of rotatable bonds is 7. The van der Waals surface area contributed by atoms with Gasteiger partial charge in [0.1, 0.15) is 17.7 Å². The molecule has 8 nitrogen and oxygen atoms in total. The lowest BCUT2D eigenvalue weighted by molar-refractivity contribution is -0.145. The number of nitrogens with zero attached hydrogens (tertiary/aromatic N) is 2. The first-order valence-corrected chi connectivity index (χ1v) is 10.9. The van der Waals surface area contributed by atoms with Gasteiger partial charge in [-0.15, -0.1) is 0 Å². The van der Waals surface area contributed by atoms with Gasteiger partial charge >= 0.3 is 5.97 Å². The smallest absolute Gasteiger partial charge is 0.323 e. The second-order valence-electron chi connectivity index (χ2n) is 8.18. The number of carbonyl (C=O) groups is 1. The standard InChI is InChI=1S/C23H24ClFN4O4/c1-32-18-10-17-14(21(28-12-27-17)29-16-4-2-3-15(24)20(16)25)9-19(18)33-11-13-5-7-23(26,8-6-13)22(30)31/h2-4,9-10,12-13H,5-8,11,26H2,1H3,(H,30,31)(H,27,28,29). The third kappa shape index (κ3) is 4.79. The largest absolute Gasteiger partial charge is 0.493 e. The summed E-state index contributed by atoms with van der Waals surface area (Å²) in [6.45, 7) is 0.386. The minimum atomic E-state index is -1.16. The fourth-order valence-corrected chi connectivity index (χ4v) is 4.12. The number of hydrogen-bond donors (Lipinski definition) is 3. The number of halogens is 2. The van der Waals surface area contributed by atoms with E-state index in [2.05, 4.69) is 15.3 Å². The van der Waals surface area contributed by atoms with Crippen LogP contribution in [0.25, 0.3) is 10.9 Å². The number of methoxy groups -OCH3 is 1. The van der Waals surface area contributed by atoms with Gasteiger partial charge < -0.3 is 25.6 Å². The van der Waals surface area contributed by atoms with Crippen molar-refractivity contribution in [3.63, 3.8) is 0 Å². The van der Waals surface area contributed by atoms with E-state index in [1.807, 2.05) is 0 Å². The van der Waals surface area contributed by atoms with Crippen molar-refractivity contribution in [2.24, 2.45) is 11.7 Å². The number of fused-ring (bicyclic) bond motifs is 1. The number of aliphatic carboxylic acids is 1. The third-order valence-corrected chi connectivity index (χ3v) is 6.32. The van der Waals surface area contributed by atoms with Crippen LogP contribution in [0.4, 0.5) is 15.9 Å². The molecule has 0 atom stereocenters. The van der Waals surface area contributed by atoms with Gasteiger partial charge in [0.05, 0.1) is 29.9 Å². The number of carboxylic acid groups (broad SMARTS) is 1. The molecule has 1 saturated carbocycles. The molecule has 1 heterocycles. The summed E-state index contributed by atoms with van der Waals surface area (Å²) in [7, 11) is 1.53. The lowest BCUT2D eigenvalue weighted by Gasteiger charge is -2.33. The molecule has 1 aromatic heterocycles. The topological polar surface area (TPSA) is 120 Å². The second-order valence-corrected chi connectivity index (χ2v) is 8.59. The van der Waals surface area contributed by atoms with E-state index in [9.17, 15) is 14.3 Å². The Morgan fingerprint density at radius 3 is 2.76 bits per heavy atom. The first-order valence-electron chi connectivity index (χ1n) is 10.5. The van der Waals surface area contributed by atoms with Crippen LogP contribution in [0.5, 0.6) is 11.5 Å². The number of anilines is 2. The van der Waals surface area contributed by atoms with Gasteiger partial charge in [0.2, 0.25) is 0 Å². The molecule has 0 bridgehead atoms. The molecule has 174 valence electrons. The predicted molar refractivity (Wildman–Crippen MR) is 123 cm³/mol. The number of carboxylic acids is 1. The van der Waals surface area contributed by atoms with Crippen molar-refractivity contribution >= 4 is 40.0 Å². The van der Waals surface area contributed by atoms with Gasteiger partial charge in [-0.3, -0.25) is 4.79 Å². The molecule has 1 fully saturated rings. The molecule has 10 heteroatoms. The molecular weight excluding hydrogens is 451 g/mol. The van der Waals surface area contributed by atoms with Crippen LogP contribution in [0.15, 0.2) is 36.7 Å². The van der Waals surface area contributed by atoms with Crippen LogP contribution in [-0.2, 0) is 4.79 Å². The molecule has 3 aromatic rings. The Labute approximate surface area is 194 Å². The fraction of sp³-hybridized carbons (Fsp3) is 0.348. The number of nitrogens with two attached hydrogens (primary N) is 1. The maximum Gasteiger partial charge on any atom is 0.323 e. The summed E-state index contributed by atoms with van der Waals surface area (Å²) in [5.41, 5.74) is 5.58. The number of benzene rings is 2. The van der Waals surface area contributed by atoms with Crippen molar-refractivity contribution in [2.45, 2.75) is 31.2 Å². The molecule has 33 heavy (non-hydrogen) atoms. The summed E-state index contributed by atoms with van der Waals surface area (Å²) in [4.78, 5) is 19.9. The normalized spacial score (nSPS) is 20.4.